The van der Waals surface area contributed by atoms with Crippen molar-refractivity contribution < 1.29 is 4.39 Å². The Kier molecular flexibility index (Phi) is 2.80. The molecule has 18 heavy (non-hydrogen) atoms. The van der Waals surface area contributed by atoms with Gasteiger partial charge >= 0.3 is 0 Å². The topological polar surface area (TPSA) is 3.24 Å². The maximum Gasteiger partial charge on any atom is 0.125 e. The van der Waals surface area contributed by atoms with E-state index in [4.69, 9.17) is 11.6 Å². The Morgan fingerprint density at radius 2 is 1.94 bits per heavy atom. The summed E-state index contributed by atoms with van der Waals surface area (Å²) in [4.78, 5) is 1.92. The predicted molar refractivity (Wildman–Crippen MR) is 72.8 cm³/mol. The van der Waals surface area contributed by atoms with Crippen molar-refractivity contribution in [2.45, 2.75) is 6.42 Å². The molecule has 0 radical (unpaired) electrons. The number of allylic oxidation sites excluding steroid dienone is 1. The maximum absolute atomic E-state index is 13.3. The largest absolute Gasteiger partial charge is 0.316 e. The zero-order chi connectivity index (χ0) is 12.5. The van der Waals surface area contributed by atoms with Crippen LogP contribution in [0.2, 0.25) is 5.02 Å². The fourth-order valence-corrected chi connectivity index (χ4v) is 2.48. The lowest BCUT2D eigenvalue weighted by atomic mass is 10.0. The van der Waals surface area contributed by atoms with Crippen LogP contribution in [0.15, 0.2) is 54.7 Å². The minimum absolute atomic E-state index is 0.250. The number of benzene rings is 2. The van der Waals surface area contributed by atoms with Crippen LogP contribution in [0, 0.1) is 5.82 Å². The number of fused-ring (bicyclic) bond motifs is 1. The first-order chi connectivity index (χ1) is 8.75. The molecule has 0 N–H and O–H groups in total. The highest BCUT2D eigenvalue weighted by Gasteiger charge is 2.17. The highest BCUT2D eigenvalue weighted by Crippen LogP contribution is 2.38. The molecule has 0 fully saturated rings. The summed E-state index contributed by atoms with van der Waals surface area (Å²) in [5, 5.41) is 0.682. The number of rotatable bonds is 1. The molecule has 0 saturated heterocycles. The van der Waals surface area contributed by atoms with Crippen molar-refractivity contribution in [2.75, 3.05) is 4.90 Å². The van der Waals surface area contributed by atoms with Gasteiger partial charge in [-0.2, -0.15) is 0 Å². The fraction of sp³-hybridized carbons (Fsp3) is 0.0667. The van der Waals surface area contributed by atoms with Gasteiger partial charge in [0.2, 0.25) is 0 Å². The molecule has 1 nitrogen and oxygen atoms in total. The number of anilines is 2. The Morgan fingerprint density at radius 1 is 1.11 bits per heavy atom. The van der Waals surface area contributed by atoms with E-state index in [-0.39, 0.29) is 5.82 Å². The Labute approximate surface area is 110 Å². The lowest BCUT2D eigenvalue weighted by molar-refractivity contribution is 0.628. The van der Waals surface area contributed by atoms with Gasteiger partial charge in [-0.25, -0.2) is 4.39 Å². The summed E-state index contributed by atoms with van der Waals surface area (Å²) in [5.74, 6) is -0.250. The Morgan fingerprint density at radius 3 is 2.78 bits per heavy atom. The van der Waals surface area contributed by atoms with E-state index >= 15 is 0 Å². The molecule has 0 amide bonds. The summed E-state index contributed by atoms with van der Waals surface area (Å²) >= 11 is 6.26. The minimum atomic E-state index is -0.250. The van der Waals surface area contributed by atoms with Crippen LogP contribution in [0.4, 0.5) is 15.8 Å². The third-order valence-electron chi connectivity index (χ3n) is 2.99. The Hall–Kier alpha value is -1.80. The lowest BCUT2D eigenvalue weighted by Crippen LogP contribution is -2.14. The summed E-state index contributed by atoms with van der Waals surface area (Å²) in [6.07, 6.45) is 4.83. The van der Waals surface area contributed by atoms with Gasteiger partial charge in [-0.1, -0.05) is 35.9 Å². The number of hydrogen-bond donors (Lipinski definition) is 0. The zero-order valence-corrected chi connectivity index (χ0v) is 10.4. The quantitative estimate of drug-likeness (QED) is 0.718. The highest BCUT2D eigenvalue weighted by atomic mass is 35.5. The third kappa shape index (κ3) is 1.89. The lowest BCUT2D eigenvalue weighted by Gasteiger charge is -2.27. The molecular formula is C15H11ClFN. The monoisotopic (exact) mass is 259 g/mol. The van der Waals surface area contributed by atoms with Gasteiger partial charge in [0.25, 0.3) is 0 Å². The second-order valence-electron chi connectivity index (χ2n) is 4.19. The summed E-state index contributed by atoms with van der Waals surface area (Å²) in [7, 11) is 0. The van der Waals surface area contributed by atoms with Crippen LogP contribution in [-0.4, -0.2) is 0 Å². The van der Waals surface area contributed by atoms with Gasteiger partial charge in [-0.15, -0.1) is 0 Å². The molecule has 1 heterocycles. The summed E-state index contributed by atoms with van der Waals surface area (Å²) in [6, 6.07) is 12.3. The standard InChI is InChI=1S/C15H11ClFN/c16-14-8-1-4-11-5-3-9-18(15(11)14)13-7-2-6-12(17)10-13/h1-4,6-10H,5H2. The van der Waals surface area contributed by atoms with E-state index in [9.17, 15) is 4.39 Å². The number of halogens is 2. The molecule has 1 aliphatic rings. The van der Waals surface area contributed by atoms with Gasteiger partial charge in [-0.3, -0.25) is 0 Å². The molecule has 90 valence electrons. The molecule has 0 unspecified atom stereocenters. The zero-order valence-electron chi connectivity index (χ0n) is 9.61. The van der Waals surface area contributed by atoms with Gasteiger partial charge < -0.3 is 4.90 Å². The van der Waals surface area contributed by atoms with Crippen molar-refractivity contribution in [3.63, 3.8) is 0 Å². The number of para-hydroxylation sites is 1. The first-order valence-electron chi connectivity index (χ1n) is 5.74. The number of hydrogen-bond acceptors (Lipinski definition) is 1. The van der Waals surface area contributed by atoms with E-state index < -0.39 is 0 Å². The average Bonchev–Trinajstić information content (AvgIpc) is 2.38. The fourth-order valence-electron chi connectivity index (χ4n) is 2.20. The molecule has 1 aliphatic heterocycles. The molecule has 2 aromatic rings. The summed E-state index contributed by atoms with van der Waals surface area (Å²) in [5.41, 5.74) is 2.86. The van der Waals surface area contributed by atoms with Crippen LogP contribution in [0.25, 0.3) is 0 Å². The maximum atomic E-state index is 13.3. The van der Waals surface area contributed by atoms with Crippen molar-refractivity contribution >= 4 is 23.0 Å². The molecular weight excluding hydrogens is 249 g/mol. The van der Waals surface area contributed by atoms with E-state index in [1.165, 1.54) is 12.1 Å². The molecule has 0 bridgehead atoms. The van der Waals surface area contributed by atoms with E-state index in [2.05, 4.69) is 0 Å². The van der Waals surface area contributed by atoms with Crippen LogP contribution in [-0.2, 0) is 6.42 Å². The van der Waals surface area contributed by atoms with E-state index in [1.54, 1.807) is 6.07 Å². The molecule has 0 spiro atoms. The van der Waals surface area contributed by atoms with Crippen LogP contribution >= 0.6 is 11.6 Å². The van der Waals surface area contributed by atoms with Crippen LogP contribution < -0.4 is 4.90 Å². The summed E-state index contributed by atoms with van der Waals surface area (Å²) < 4.78 is 13.3. The van der Waals surface area contributed by atoms with Crippen LogP contribution in [0.5, 0.6) is 0 Å². The second-order valence-corrected chi connectivity index (χ2v) is 4.59. The van der Waals surface area contributed by atoms with Crippen molar-refractivity contribution in [1.82, 2.24) is 0 Å². The Bertz CT molecular complexity index is 622. The van der Waals surface area contributed by atoms with Gasteiger partial charge in [0.1, 0.15) is 5.82 Å². The average molecular weight is 260 g/mol. The first-order valence-corrected chi connectivity index (χ1v) is 6.12. The van der Waals surface area contributed by atoms with Crippen LogP contribution in [0.1, 0.15) is 5.56 Å². The van der Waals surface area contributed by atoms with Crippen molar-refractivity contribution in [3.8, 4) is 0 Å². The van der Waals surface area contributed by atoms with Gasteiger partial charge in [0.05, 0.1) is 10.7 Å². The highest BCUT2D eigenvalue weighted by molar-refractivity contribution is 6.33. The molecule has 3 heteroatoms. The molecule has 0 atom stereocenters. The Balaban J connectivity index is 2.15. The SMILES string of the molecule is Fc1cccc(N2C=CCc3cccc(Cl)c32)c1. The molecule has 0 aliphatic carbocycles. The van der Waals surface area contributed by atoms with Crippen molar-refractivity contribution in [3.05, 3.63) is 71.1 Å². The first kappa shape index (κ1) is 11.3. The van der Waals surface area contributed by atoms with Crippen molar-refractivity contribution in [2.24, 2.45) is 0 Å². The normalized spacial score (nSPS) is 13.6. The van der Waals surface area contributed by atoms with Gasteiger partial charge in [0, 0.05) is 11.9 Å². The van der Waals surface area contributed by atoms with Gasteiger partial charge in [-0.05, 0) is 36.2 Å². The smallest absolute Gasteiger partial charge is 0.125 e. The second kappa shape index (κ2) is 4.46. The molecule has 2 aromatic carbocycles. The number of nitrogens with zero attached hydrogens (tertiary/aromatic N) is 1. The molecule has 0 aromatic heterocycles. The van der Waals surface area contributed by atoms with E-state index in [1.807, 2.05) is 41.4 Å². The van der Waals surface area contributed by atoms with E-state index in [0.717, 1.165) is 23.4 Å². The van der Waals surface area contributed by atoms with E-state index in [0.29, 0.717) is 5.02 Å². The molecule has 0 saturated carbocycles. The summed E-state index contributed by atoms with van der Waals surface area (Å²) in [6.45, 7) is 0. The third-order valence-corrected chi connectivity index (χ3v) is 3.29. The minimum Gasteiger partial charge on any atom is -0.316 e. The molecule has 3 rings (SSSR count). The predicted octanol–water partition coefficient (Wildman–Crippen LogP) is 4.69. The van der Waals surface area contributed by atoms with Gasteiger partial charge in [0.15, 0.2) is 0 Å². The van der Waals surface area contributed by atoms with Crippen LogP contribution in [0.3, 0.4) is 0 Å². The van der Waals surface area contributed by atoms with Crippen molar-refractivity contribution in [1.29, 1.82) is 0 Å².